The molecule has 0 amide bonds. The van der Waals surface area contributed by atoms with Crippen molar-refractivity contribution in [1.29, 1.82) is 0 Å². The molecule has 24 heavy (non-hydrogen) atoms. The number of fused-ring (bicyclic) bond motifs is 3. The zero-order chi connectivity index (χ0) is 16.9. The van der Waals surface area contributed by atoms with Crippen LogP contribution in [0.2, 0.25) is 0 Å². The predicted molar refractivity (Wildman–Crippen MR) is 83.3 cm³/mol. The van der Waals surface area contributed by atoms with Crippen LogP contribution in [0.4, 0.5) is 13.2 Å². The Bertz CT molecular complexity index is 1060. The molecule has 0 unspecified atom stereocenters. The zero-order valence-corrected chi connectivity index (χ0v) is 12.1. The summed E-state index contributed by atoms with van der Waals surface area (Å²) in [5.41, 5.74) is 0.482. The summed E-state index contributed by atoms with van der Waals surface area (Å²) in [4.78, 5) is 15.3. The number of hydrogen-bond donors (Lipinski definition) is 1. The van der Waals surface area contributed by atoms with E-state index in [0.29, 0.717) is 22.3 Å². The molecule has 0 radical (unpaired) electrons. The van der Waals surface area contributed by atoms with Crippen molar-refractivity contribution in [2.24, 2.45) is 0 Å². The van der Waals surface area contributed by atoms with E-state index in [9.17, 15) is 18.0 Å². The molecule has 7 heteroatoms. The second-order valence-electron chi connectivity index (χ2n) is 5.36. The molecule has 2 aromatic rings. The molecule has 2 aromatic carbocycles. The smallest absolute Gasteiger partial charge is 0.360 e. The molecule has 0 aromatic heterocycles. The normalized spacial score (nSPS) is 12.1. The van der Waals surface area contributed by atoms with E-state index < -0.39 is 11.7 Å². The standard InChI is InChI=1S/C17H10F3N3O/c18-17(19,20)10-6-7-12-14(8-10)21-9-13-15(12)22-23(16(13)24)11-4-2-1-3-5-11/h1-9,21H. The number of rotatable bonds is 1. The van der Waals surface area contributed by atoms with Crippen LogP contribution in [-0.2, 0) is 6.18 Å². The van der Waals surface area contributed by atoms with E-state index in [1.807, 2.05) is 6.07 Å². The number of hydrogen-bond acceptors (Lipinski definition) is 2. The molecule has 0 aliphatic carbocycles. The summed E-state index contributed by atoms with van der Waals surface area (Å²) in [6.45, 7) is 0. The van der Waals surface area contributed by atoms with Crippen molar-refractivity contribution in [3.8, 4) is 16.9 Å². The van der Waals surface area contributed by atoms with Crippen molar-refractivity contribution in [2.75, 3.05) is 0 Å². The van der Waals surface area contributed by atoms with Crippen molar-refractivity contribution in [1.82, 2.24) is 14.8 Å². The van der Waals surface area contributed by atoms with E-state index in [4.69, 9.17) is 0 Å². The van der Waals surface area contributed by atoms with Gasteiger partial charge in [-0.15, -0.1) is 0 Å². The van der Waals surface area contributed by atoms with Gasteiger partial charge in [-0.05, 0) is 24.3 Å². The van der Waals surface area contributed by atoms with E-state index in [1.54, 1.807) is 24.3 Å². The summed E-state index contributed by atoms with van der Waals surface area (Å²) in [6, 6.07) is 12.2. The highest BCUT2D eigenvalue weighted by atomic mass is 19.4. The number of nitrogens with zero attached hydrogens (tertiary/aromatic N) is 2. The van der Waals surface area contributed by atoms with Crippen LogP contribution in [-0.4, -0.2) is 14.8 Å². The predicted octanol–water partition coefficient (Wildman–Crippen LogP) is 3.84. The van der Waals surface area contributed by atoms with Crippen LogP contribution in [0.25, 0.3) is 27.8 Å². The fourth-order valence-corrected chi connectivity index (χ4v) is 2.68. The minimum Gasteiger partial charge on any atom is -0.360 e. The first kappa shape index (κ1) is 14.5. The minimum absolute atomic E-state index is 0.273. The van der Waals surface area contributed by atoms with Crippen LogP contribution in [0.3, 0.4) is 0 Å². The van der Waals surface area contributed by atoms with Crippen LogP contribution in [0.1, 0.15) is 5.56 Å². The molecule has 0 bridgehead atoms. The van der Waals surface area contributed by atoms with Gasteiger partial charge in [-0.2, -0.15) is 23.0 Å². The molecule has 2 aliphatic heterocycles. The molecule has 2 heterocycles. The Morgan fingerprint density at radius 3 is 2.50 bits per heavy atom. The largest absolute Gasteiger partial charge is 0.416 e. The number of halogens is 3. The molecule has 2 aliphatic rings. The molecular formula is C17H10F3N3O. The van der Waals surface area contributed by atoms with Crippen LogP contribution < -0.4 is 5.56 Å². The number of pyridine rings is 1. The van der Waals surface area contributed by atoms with Gasteiger partial charge in [0.25, 0.3) is 5.56 Å². The number of H-pyrrole nitrogens is 1. The number of benzene rings is 2. The van der Waals surface area contributed by atoms with Gasteiger partial charge in [-0.25, -0.2) is 0 Å². The molecule has 0 spiro atoms. The third kappa shape index (κ3) is 2.17. The van der Waals surface area contributed by atoms with Gasteiger partial charge in [-0.3, -0.25) is 4.79 Å². The zero-order valence-electron chi connectivity index (χ0n) is 12.1. The number of aromatic nitrogens is 3. The summed E-state index contributed by atoms with van der Waals surface area (Å²) < 4.78 is 39.8. The molecule has 4 rings (SSSR count). The number of alkyl halides is 3. The second-order valence-corrected chi connectivity index (χ2v) is 5.36. The summed E-state index contributed by atoms with van der Waals surface area (Å²) in [5, 5.41) is 4.77. The Labute approximate surface area is 133 Å². The van der Waals surface area contributed by atoms with Gasteiger partial charge in [0.1, 0.15) is 5.69 Å². The maximum Gasteiger partial charge on any atom is 0.416 e. The topological polar surface area (TPSA) is 50.7 Å². The number of aromatic amines is 1. The third-order valence-electron chi connectivity index (χ3n) is 3.85. The minimum atomic E-state index is -4.43. The van der Waals surface area contributed by atoms with E-state index in [0.717, 1.165) is 12.1 Å². The number of nitrogens with one attached hydrogen (secondary N) is 1. The van der Waals surface area contributed by atoms with Crippen LogP contribution in [0, 0.1) is 0 Å². The van der Waals surface area contributed by atoms with E-state index in [1.165, 1.54) is 16.9 Å². The van der Waals surface area contributed by atoms with Crippen molar-refractivity contribution < 1.29 is 13.2 Å². The van der Waals surface area contributed by atoms with E-state index in [2.05, 4.69) is 10.1 Å². The third-order valence-corrected chi connectivity index (χ3v) is 3.85. The first-order chi connectivity index (χ1) is 11.4. The van der Waals surface area contributed by atoms with Gasteiger partial charge in [0.2, 0.25) is 0 Å². The lowest BCUT2D eigenvalue weighted by atomic mass is 10.1. The highest BCUT2D eigenvalue weighted by Gasteiger charge is 2.31. The lowest BCUT2D eigenvalue weighted by Gasteiger charge is -2.08. The summed E-state index contributed by atoms with van der Waals surface area (Å²) in [7, 11) is 0. The van der Waals surface area contributed by atoms with E-state index >= 15 is 0 Å². The first-order valence-corrected chi connectivity index (χ1v) is 7.12. The Hall–Kier alpha value is -3.09. The Morgan fingerprint density at radius 1 is 1.04 bits per heavy atom. The lowest BCUT2D eigenvalue weighted by molar-refractivity contribution is -0.137. The molecule has 0 saturated heterocycles. The Balaban J connectivity index is 1.99. The maximum atomic E-state index is 12.8. The molecule has 4 nitrogen and oxygen atoms in total. The molecule has 1 N–H and O–H groups in total. The fourth-order valence-electron chi connectivity index (χ4n) is 2.68. The Morgan fingerprint density at radius 2 is 1.79 bits per heavy atom. The van der Waals surface area contributed by atoms with Gasteiger partial charge >= 0.3 is 6.18 Å². The first-order valence-electron chi connectivity index (χ1n) is 7.12. The van der Waals surface area contributed by atoms with Gasteiger partial charge in [0, 0.05) is 17.1 Å². The second kappa shape index (κ2) is 4.95. The van der Waals surface area contributed by atoms with Gasteiger partial charge in [0.05, 0.1) is 16.8 Å². The molecule has 0 fully saturated rings. The van der Waals surface area contributed by atoms with Gasteiger partial charge < -0.3 is 4.98 Å². The van der Waals surface area contributed by atoms with Crippen LogP contribution in [0.5, 0.6) is 0 Å². The summed E-state index contributed by atoms with van der Waals surface area (Å²) >= 11 is 0. The average molecular weight is 329 g/mol. The van der Waals surface area contributed by atoms with Crippen LogP contribution in [0.15, 0.2) is 59.5 Å². The summed E-state index contributed by atoms with van der Waals surface area (Å²) in [6.07, 6.45) is -3.03. The maximum absolute atomic E-state index is 12.8. The SMILES string of the molecule is O=c1c2c[nH]c3cc(C(F)(F)F)ccc3c-2nn1-c1ccccc1. The quantitative estimate of drug-likeness (QED) is 0.577. The van der Waals surface area contributed by atoms with Crippen molar-refractivity contribution in [2.45, 2.75) is 6.18 Å². The molecule has 0 atom stereocenters. The van der Waals surface area contributed by atoms with Gasteiger partial charge in [0.15, 0.2) is 0 Å². The van der Waals surface area contributed by atoms with E-state index in [-0.39, 0.29) is 11.1 Å². The highest BCUT2D eigenvalue weighted by Crippen LogP contribution is 2.33. The van der Waals surface area contributed by atoms with Crippen LogP contribution >= 0.6 is 0 Å². The van der Waals surface area contributed by atoms with Crippen molar-refractivity contribution in [3.63, 3.8) is 0 Å². The molecular weight excluding hydrogens is 319 g/mol. The molecule has 0 saturated carbocycles. The lowest BCUT2D eigenvalue weighted by Crippen LogP contribution is -2.14. The van der Waals surface area contributed by atoms with Crippen molar-refractivity contribution >= 4 is 10.9 Å². The van der Waals surface area contributed by atoms with Crippen molar-refractivity contribution in [3.05, 3.63) is 70.6 Å². The number of para-hydroxylation sites is 1. The fraction of sp³-hybridized carbons (Fsp3) is 0.0588. The van der Waals surface area contributed by atoms with Gasteiger partial charge in [-0.1, -0.05) is 24.3 Å². The average Bonchev–Trinajstić information content (AvgIpc) is 2.92. The monoisotopic (exact) mass is 329 g/mol. The summed E-state index contributed by atoms with van der Waals surface area (Å²) in [5.74, 6) is 0. The highest BCUT2D eigenvalue weighted by molar-refractivity contribution is 5.93. The molecule has 120 valence electrons. The Kier molecular flexibility index (Phi) is 2.99.